The van der Waals surface area contributed by atoms with Gasteiger partial charge in [-0.3, -0.25) is 14.4 Å². The van der Waals surface area contributed by atoms with Crippen LogP contribution in [0.25, 0.3) is 0 Å². The molecule has 37 heavy (non-hydrogen) atoms. The maximum Gasteiger partial charge on any atom is 0.261 e. The van der Waals surface area contributed by atoms with Crippen LogP contribution in [0.2, 0.25) is 0 Å². The number of ketones is 1. The van der Waals surface area contributed by atoms with Gasteiger partial charge in [-0.2, -0.15) is 0 Å². The number of carbonyl (C=O) groups excluding carboxylic acids is 3. The van der Waals surface area contributed by atoms with Gasteiger partial charge in [-0.05, 0) is 107 Å². The summed E-state index contributed by atoms with van der Waals surface area (Å²) in [5.41, 5.74) is 0.911. The zero-order valence-electron chi connectivity index (χ0n) is 22.6. The molecule has 0 aromatic rings. The number of hydrogen-bond acceptors (Lipinski definition) is 6. The van der Waals surface area contributed by atoms with Gasteiger partial charge in [-0.25, -0.2) is 0 Å². The zero-order chi connectivity index (χ0) is 26.4. The van der Waals surface area contributed by atoms with Crippen molar-refractivity contribution in [1.29, 1.82) is 0 Å². The molecule has 0 radical (unpaired) electrons. The number of nitrogens with one attached hydrogen (secondary N) is 2. The summed E-state index contributed by atoms with van der Waals surface area (Å²) in [5.74, 6) is 0.963. The lowest BCUT2D eigenvalue weighted by atomic mass is 9.46. The third-order valence-electron chi connectivity index (χ3n) is 11.0. The number of amides is 2. The molecule has 1 aliphatic heterocycles. The summed E-state index contributed by atoms with van der Waals surface area (Å²) in [4.78, 5) is 42.2. The van der Waals surface area contributed by atoms with E-state index >= 15 is 0 Å². The molecule has 2 amide bonds. The summed E-state index contributed by atoms with van der Waals surface area (Å²) in [6.45, 7) is 6.58. The molecule has 4 fully saturated rings. The van der Waals surface area contributed by atoms with Crippen LogP contribution in [-0.2, 0) is 19.2 Å². The monoisotopic (exact) mass is 513 g/mol. The number of hydrogen-bond donors (Lipinski definition) is 3. The normalized spacial score (nSPS) is 42.4. The van der Waals surface area contributed by atoms with Gasteiger partial charge in [0.1, 0.15) is 11.6 Å². The van der Waals surface area contributed by atoms with Gasteiger partial charge in [0.25, 0.3) is 5.91 Å². The minimum absolute atomic E-state index is 0.0664. The molecule has 0 spiro atoms. The van der Waals surface area contributed by atoms with Crippen molar-refractivity contribution in [2.75, 3.05) is 13.2 Å². The van der Waals surface area contributed by atoms with Crippen molar-refractivity contribution in [2.24, 2.45) is 33.7 Å². The highest BCUT2D eigenvalue weighted by Crippen LogP contribution is 2.67. The van der Waals surface area contributed by atoms with Crippen molar-refractivity contribution < 1.29 is 24.3 Å². The minimum Gasteiger partial charge on any atom is -0.385 e. The number of Topliss-reactive ketones (excluding diaryl/α,β-unsaturated/α-hetero) is 1. The second-order valence-electron chi connectivity index (χ2n) is 12.7. The Labute approximate surface area is 220 Å². The van der Waals surface area contributed by atoms with Gasteiger partial charge in [0.15, 0.2) is 12.4 Å². The Bertz CT molecular complexity index is 1020. The highest BCUT2D eigenvalue weighted by Gasteiger charge is 2.65. The van der Waals surface area contributed by atoms with E-state index in [0.29, 0.717) is 37.1 Å². The Hall–Kier alpha value is -2.22. The topological polar surface area (TPSA) is 117 Å². The molecule has 0 bridgehead atoms. The molecule has 5 rings (SSSR count). The van der Waals surface area contributed by atoms with Crippen molar-refractivity contribution in [2.45, 2.75) is 103 Å². The molecule has 7 unspecified atom stereocenters. The maximum absolute atomic E-state index is 12.4. The van der Waals surface area contributed by atoms with Crippen LogP contribution in [-0.4, -0.2) is 53.2 Å². The molecule has 4 aliphatic carbocycles. The fraction of sp³-hybridized carbons (Fsp3) is 0.793. The Morgan fingerprint density at radius 1 is 1.11 bits per heavy atom. The number of aliphatic hydroxyl groups is 1. The lowest BCUT2D eigenvalue weighted by Gasteiger charge is -2.59. The molecule has 0 aromatic heterocycles. The lowest BCUT2D eigenvalue weighted by molar-refractivity contribution is -0.159. The van der Waals surface area contributed by atoms with Crippen LogP contribution < -0.4 is 10.6 Å². The van der Waals surface area contributed by atoms with Crippen molar-refractivity contribution in [3.05, 3.63) is 11.6 Å². The number of fused-ring (bicyclic) bond motifs is 5. The summed E-state index contributed by atoms with van der Waals surface area (Å²) in [6.07, 6.45) is 12.0. The molecule has 7 atom stereocenters. The smallest absolute Gasteiger partial charge is 0.261 e. The molecule has 204 valence electrons. The molecule has 1 saturated heterocycles. The Kier molecular flexibility index (Phi) is 7.01. The molecular formula is C29H43N3O5. The van der Waals surface area contributed by atoms with E-state index in [9.17, 15) is 19.5 Å². The van der Waals surface area contributed by atoms with Gasteiger partial charge in [-0.15, -0.1) is 0 Å². The van der Waals surface area contributed by atoms with E-state index in [0.717, 1.165) is 63.5 Å². The van der Waals surface area contributed by atoms with E-state index in [2.05, 4.69) is 35.7 Å². The zero-order valence-corrected chi connectivity index (χ0v) is 22.6. The van der Waals surface area contributed by atoms with E-state index in [-0.39, 0.29) is 35.0 Å². The quantitative estimate of drug-likeness (QED) is 0.487. The first-order chi connectivity index (χ1) is 17.6. The minimum atomic E-state index is -1.17. The Morgan fingerprint density at radius 2 is 1.89 bits per heavy atom. The summed E-state index contributed by atoms with van der Waals surface area (Å²) in [6, 6.07) is -0.498. The molecule has 1 heterocycles. The first-order valence-electron chi connectivity index (χ1n) is 14.3. The van der Waals surface area contributed by atoms with Crippen LogP contribution in [0.15, 0.2) is 16.8 Å². The molecule has 0 aromatic carbocycles. The largest absolute Gasteiger partial charge is 0.385 e. The third kappa shape index (κ3) is 4.43. The fourth-order valence-electron chi connectivity index (χ4n) is 8.72. The predicted molar refractivity (Wildman–Crippen MR) is 140 cm³/mol. The molecular weight excluding hydrogens is 470 g/mol. The average Bonchev–Trinajstić information content (AvgIpc) is 2.99. The van der Waals surface area contributed by atoms with Crippen molar-refractivity contribution in [1.82, 2.24) is 10.6 Å². The van der Waals surface area contributed by atoms with Gasteiger partial charge in [0.2, 0.25) is 5.91 Å². The van der Waals surface area contributed by atoms with Gasteiger partial charge >= 0.3 is 0 Å². The van der Waals surface area contributed by atoms with E-state index in [1.807, 2.05) is 0 Å². The van der Waals surface area contributed by atoms with Gasteiger partial charge in [0, 0.05) is 12.0 Å². The average molecular weight is 514 g/mol. The Balaban J connectivity index is 1.22. The number of carbonyl (C=O) groups is 3. The van der Waals surface area contributed by atoms with Crippen LogP contribution in [0.1, 0.15) is 91.4 Å². The van der Waals surface area contributed by atoms with Crippen LogP contribution in [0.3, 0.4) is 0 Å². The molecule has 8 nitrogen and oxygen atoms in total. The number of oxime groups is 1. The standard InChI is InChI=1S/C29H43N3O5/c1-18(33)29(36)14-11-23-21-8-7-19-16-20(9-12-27(19,2)22(21)10-13-28(23,29)3)32-37-17-25(34)31-24-6-4-5-15-30-26(24)35/h16,21-24,36H,4-15,17H2,1-3H3,(H,30,35)(H,31,34)/b32-20-. The number of rotatable bonds is 5. The number of nitrogens with zero attached hydrogens (tertiary/aromatic N) is 1. The second-order valence-corrected chi connectivity index (χ2v) is 12.7. The predicted octanol–water partition coefficient (Wildman–Crippen LogP) is 3.43. The Morgan fingerprint density at radius 3 is 2.68 bits per heavy atom. The third-order valence-corrected chi connectivity index (χ3v) is 11.0. The molecule has 5 aliphatic rings. The first-order valence-corrected chi connectivity index (χ1v) is 14.3. The fourth-order valence-corrected chi connectivity index (χ4v) is 8.72. The molecule has 3 saturated carbocycles. The van der Waals surface area contributed by atoms with E-state index < -0.39 is 11.6 Å². The molecule has 3 N–H and O–H groups in total. The van der Waals surface area contributed by atoms with Crippen LogP contribution in [0.5, 0.6) is 0 Å². The highest BCUT2D eigenvalue weighted by atomic mass is 16.6. The van der Waals surface area contributed by atoms with Crippen LogP contribution >= 0.6 is 0 Å². The van der Waals surface area contributed by atoms with Gasteiger partial charge < -0.3 is 20.6 Å². The summed E-state index contributed by atoms with van der Waals surface area (Å²) < 4.78 is 0. The van der Waals surface area contributed by atoms with Crippen molar-refractivity contribution in [3.63, 3.8) is 0 Å². The summed E-state index contributed by atoms with van der Waals surface area (Å²) >= 11 is 0. The lowest BCUT2D eigenvalue weighted by Crippen LogP contribution is -2.57. The SMILES string of the molecule is CC(=O)C1(O)CCC2C3CCC4=C/C(=N\OCC(=O)NC5CCCCNC5=O)CCC4(C)C3CCC21C. The van der Waals surface area contributed by atoms with E-state index in [1.165, 1.54) is 5.57 Å². The van der Waals surface area contributed by atoms with Crippen molar-refractivity contribution >= 4 is 23.3 Å². The summed E-state index contributed by atoms with van der Waals surface area (Å²) in [5, 5.41) is 21.2. The van der Waals surface area contributed by atoms with Crippen molar-refractivity contribution in [3.8, 4) is 0 Å². The van der Waals surface area contributed by atoms with E-state index in [1.54, 1.807) is 6.92 Å². The molecule has 8 heteroatoms. The maximum atomic E-state index is 12.4. The first kappa shape index (κ1) is 26.4. The summed E-state index contributed by atoms with van der Waals surface area (Å²) in [7, 11) is 0. The second kappa shape index (κ2) is 9.83. The van der Waals surface area contributed by atoms with Gasteiger partial charge in [-0.1, -0.05) is 24.6 Å². The number of allylic oxidation sites excluding steroid dienone is 2. The van der Waals surface area contributed by atoms with Gasteiger partial charge in [0.05, 0.1) is 5.71 Å². The van der Waals surface area contributed by atoms with Crippen LogP contribution in [0, 0.1) is 28.6 Å². The van der Waals surface area contributed by atoms with E-state index in [4.69, 9.17) is 4.84 Å². The highest BCUT2D eigenvalue weighted by molar-refractivity contribution is 5.96. The van der Waals surface area contributed by atoms with Crippen LogP contribution in [0.4, 0.5) is 0 Å².